The van der Waals surface area contributed by atoms with Crippen LogP contribution in [0.15, 0.2) is 0 Å². The first-order chi connectivity index (χ1) is 4.98. The highest BCUT2D eigenvalue weighted by atomic mass is 32.7. The maximum atomic E-state index is 5.26. The van der Waals surface area contributed by atoms with Crippen molar-refractivity contribution >= 4 is 24.0 Å². The Labute approximate surface area is 74.1 Å². The van der Waals surface area contributed by atoms with Gasteiger partial charge in [0.25, 0.3) is 0 Å². The summed E-state index contributed by atoms with van der Waals surface area (Å²) in [6, 6.07) is 0. The lowest BCUT2D eigenvalue weighted by atomic mass is 10.7. The van der Waals surface area contributed by atoms with Gasteiger partial charge in [0.15, 0.2) is 0 Å². The maximum Gasteiger partial charge on any atom is 0.0492 e. The topological polar surface area (TPSA) is 12.5 Å². The molecule has 1 unspecified atom stereocenters. The zero-order chi connectivity index (χ0) is 8.91. The minimum Gasteiger partial charge on any atom is -0.355 e. The Morgan fingerprint density at radius 3 is 2.45 bits per heavy atom. The van der Waals surface area contributed by atoms with Gasteiger partial charge in [-0.15, -0.1) is 11.4 Å². The van der Waals surface area contributed by atoms with E-state index >= 15 is 0 Å². The van der Waals surface area contributed by atoms with E-state index in [0.29, 0.717) is 0 Å². The van der Waals surface area contributed by atoms with Crippen LogP contribution in [0.2, 0.25) is 0 Å². The molecule has 0 aromatic rings. The predicted molar refractivity (Wildman–Crippen MR) is 58.0 cm³/mol. The van der Waals surface area contributed by atoms with Crippen molar-refractivity contribution in [2.45, 2.75) is 0 Å². The largest absolute Gasteiger partial charge is 0.355 e. The van der Waals surface area contributed by atoms with Gasteiger partial charge in [0.2, 0.25) is 0 Å². The van der Waals surface area contributed by atoms with Crippen LogP contribution in [0, 0.1) is 0 Å². The molecule has 0 rings (SSSR count). The summed E-state index contributed by atoms with van der Waals surface area (Å²) < 4.78 is 5.26. The molecule has 0 amide bonds. The van der Waals surface area contributed by atoms with Crippen molar-refractivity contribution in [2.24, 2.45) is 0 Å². The van der Waals surface area contributed by atoms with E-state index in [-0.39, 0.29) is 0 Å². The SMILES string of the molecule is C=P(C)(OC)SCCN(C)C. The number of nitrogens with zero attached hydrogens (tertiary/aromatic N) is 1. The van der Waals surface area contributed by atoms with Crippen molar-refractivity contribution in [3.63, 3.8) is 0 Å². The van der Waals surface area contributed by atoms with Crippen LogP contribution < -0.4 is 0 Å². The van der Waals surface area contributed by atoms with Crippen LogP contribution >= 0.6 is 17.7 Å². The molecule has 0 heterocycles. The van der Waals surface area contributed by atoms with Gasteiger partial charge in [-0.25, -0.2) is 0 Å². The van der Waals surface area contributed by atoms with Crippen LogP contribution in [0.3, 0.4) is 0 Å². The number of hydrogen-bond acceptors (Lipinski definition) is 3. The molecule has 0 aromatic heterocycles. The highest BCUT2D eigenvalue weighted by molar-refractivity contribution is 8.59. The van der Waals surface area contributed by atoms with Crippen molar-refractivity contribution in [1.29, 1.82) is 0 Å². The van der Waals surface area contributed by atoms with E-state index in [1.807, 2.05) is 11.4 Å². The summed E-state index contributed by atoms with van der Waals surface area (Å²) in [6.07, 6.45) is 2.68. The van der Waals surface area contributed by atoms with Crippen LogP contribution in [-0.4, -0.2) is 51.4 Å². The molecule has 4 heteroatoms. The molecule has 0 saturated carbocycles. The van der Waals surface area contributed by atoms with Gasteiger partial charge in [-0.3, -0.25) is 0 Å². The van der Waals surface area contributed by atoms with Crippen LogP contribution in [0.4, 0.5) is 0 Å². The van der Waals surface area contributed by atoms with Gasteiger partial charge >= 0.3 is 0 Å². The molecule has 0 bridgehead atoms. The third-order valence-corrected chi connectivity index (χ3v) is 5.61. The molecule has 11 heavy (non-hydrogen) atoms. The van der Waals surface area contributed by atoms with Gasteiger partial charge in [-0.2, -0.15) is 0 Å². The van der Waals surface area contributed by atoms with Crippen molar-refractivity contribution < 1.29 is 4.52 Å². The molecule has 0 aliphatic carbocycles. The van der Waals surface area contributed by atoms with Crippen LogP contribution in [0.1, 0.15) is 0 Å². The third kappa shape index (κ3) is 6.95. The molecule has 0 fully saturated rings. The van der Waals surface area contributed by atoms with E-state index in [2.05, 4.69) is 32.0 Å². The average Bonchev–Trinajstić information content (AvgIpc) is 1.87. The monoisotopic (exact) mass is 195 g/mol. The first-order valence-corrected chi connectivity index (χ1v) is 7.47. The Morgan fingerprint density at radius 1 is 1.55 bits per heavy atom. The van der Waals surface area contributed by atoms with Crippen molar-refractivity contribution in [1.82, 2.24) is 4.90 Å². The van der Waals surface area contributed by atoms with Gasteiger partial charge in [0, 0.05) is 25.7 Å². The second kappa shape index (κ2) is 5.26. The molecule has 1 atom stereocenters. The second-order valence-electron chi connectivity index (χ2n) is 2.83. The minimum absolute atomic E-state index is 1.10. The summed E-state index contributed by atoms with van der Waals surface area (Å²) in [5.41, 5.74) is 0. The molecule has 0 saturated heterocycles. The summed E-state index contributed by atoms with van der Waals surface area (Å²) in [5, 5.41) is 0. The Balaban J connectivity index is 3.46. The molecular formula is C7H18NOPS. The zero-order valence-electron chi connectivity index (χ0n) is 7.83. The zero-order valence-corrected chi connectivity index (χ0v) is 9.54. The van der Waals surface area contributed by atoms with E-state index < -0.39 is 6.31 Å². The normalized spacial score (nSPS) is 16.8. The maximum absolute atomic E-state index is 5.26. The van der Waals surface area contributed by atoms with E-state index in [0.717, 1.165) is 12.3 Å². The summed E-state index contributed by atoms with van der Waals surface area (Å²) >= 11 is 1.84. The van der Waals surface area contributed by atoms with E-state index in [1.54, 1.807) is 7.11 Å². The van der Waals surface area contributed by atoms with Gasteiger partial charge < -0.3 is 9.42 Å². The minimum atomic E-state index is -1.34. The predicted octanol–water partition coefficient (Wildman–Crippen LogP) is 1.84. The highest BCUT2D eigenvalue weighted by Crippen LogP contribution is 2.54. The highest BCUT2D eigenvalue weighted by Gasteiger charge is 2.05. The molecule has 0 aliphatic rings. The van der Waals surface area contributed by atoms with E-state index in [9.17, 15) is 0 Å². The van der Waals surface area contributed by atoms with Gasteiger partial charge in [-0.05, 0) is 20.8 Å². The smallest absolute Gasteiger partial charge is 0.0492 e. The standard InChI is InChI=1S/C7H18NOPS/c1-8(2)6-7-11-10(4,5)9-3/h4,6-7H2,1-3,5H3. The first kappa shape index (κ1) is 11.6. The Kier molecular flexibility index (Phi) is 5.53. The second-order valence-corrected chi connectivity index (χ2v) is 8.98. The Hall–Kier alpha value is 0.570. The molecular weight excluding hydrogens is 177 g/mol. The van der Waals surface area contributed by atoms with Crippen molar-refractivity contribution in [2.75, 3.05) is 40.2 Å². The average molecular weight is 195 g/mol. The lowest BCUT2D eigenvalue weighted by molar-refractivity contribution is 0.437. The van der Waals surface area contributed by atoms with E-state index in [4.69, 9.17) is 4.52 Å². The molecule has 0 radical (unpaired) electrons. The molecule has 68 valence electrons. The lowest BCUT2D eigenvalue weighted by Gasteiger charge is -2.17. The molecule has 0 aliphatic heterocycles. The number of rotatable bonds is 5. The lowest BCUT2D eigenvalue weighted by Crippen LogP contribution is -2.14. The van der Waals surface area contributed by atoms with Crippen LogP contribution in [-0.2, 0) is 4.52 Å². The van der Waals surface area contributed by atoms with Gasteiger partial charge in [0.05, 0.1) is 0 Å². The molecule has 2 nitrogen and oxygen atoms in total. The first-order valence-electron chi connectivity index (χ1n) is 3.54. The summed E-state index contributed by atoms with van der Waals surface area (Å²) in [6.45, 7) is 3.19. The van der Waals surface area contributed by atoms with Crippen LogP contribution in [0.25, 0.3) is 0 Å². The van der Waals surface area contributed by atoms with Crippen molar-refractivity contribution in [3.05, 3.63) is 0 Å². The van der Waals surface area contributed by atoms with Crippen molar-refractivity contribution in [3.8, 4) is 0 Å². The summed E-state index contributed by atoms with van der Waals surface area (Å²) in [7, 11) is 5.89. The Morgan fingerprint density at radius 2 is 2.09 bits per heavy atom. The quantitative estimate of drug-likeness (QED) is 0.621. The summed E-state index contributed by atoms with van der Waals surface area (Å²) in [4.78, 5) is 2.17. The molecule has 0 N–H and O–H groups in total. The molecule has 0 spiro atoms. The fourth-order valence-corrected chi connectivity index (χ4v) is 3.13. The molecule has 0 aromatic carbocycles. The van der Waals surface area contributed by atoms with Gasteiger partial charge in [-0.1, -0.05) is 6.30 Å². The Bertz CT molecular complexity index is 149. The third-order valence-electron chi connectivity index (χ3n) is 1.29. The van der Waals surface area contributed by atoms with Gasteiger partial charge in [0.1, 0.15) is 0 Å². The fraction of sp³-hybridized carbons (Fsp3) is 0.857. The number of hydrogen-bond donors (Lipinski definition) is 0. The van der Waals surface area contributed by atoms with E-state index in [1.165, 1.54) is 0 Å². The van der Waals surface area contributed by atoms with Crippen LogP contribution in [0.5, 0.6) is 0 Å². The fourth-order valence-electron chi connectivity index (χ4n) is 0.469. The summed E-state index contributed by atoms with van der Waals surface area (Å²) in [5.74, 6) is 1.11.